The van der Waals surface area contributed by atoms with Crippen LogP contribution in [-0.4, -0.2) is 23.1 Å². The van der Waals surface area contributed by atoms with E-state index in [4.69, 9.17) is 0 Å². The number of hydrogen-bond acceptors (Lipinski definition) is 4. The van der Waals surface area contributed by atoms with Crippen LogP contribution in [0.2, 0.25) is 0 Å². The Balaban J connectivity index is 2.21. The van der Waals surface area contributed by atoms with Gasteiger partial charge in [-0.1, -0.05) is 6.07 Å². The quantitative estimate of drug-likeness (QED) is 0.899. The zero-order valence-electron chi connectivity index (χ0n) is 12.6. The van der Waals surface area contributed by atoms with Crippen molar-refractivity contribution in [1.29, 1.82) is 0 Å². The van der Waals surface area contributed by atoms with Crippen LogP contribution in [0.3, 0.4) is 0 Å². The van der Waals surface area contributed by atoms with Crippen LogP contribution in [0.15, 0.2) is 30.5 Å². The highest BCUT2D eigenvalue weighted by molar-refractivity contribution is 5.57. The molecule has 0 aliphatic carbocycles. The predicted molar refractivity (Wildman–Crippen MR) is 84.8 cm³/mol. The summed E-state index contributed by atoms with van der Waals surface area (Å²) >= 11 is 0. The van der Waals surface area contributed by atoms with Crippen LogP contribution >= 0.6 is 0 Å². The molecule has 0 aliphatic heterocycles. The molecule has 0 bridgehead atoms. The molecule has 4 nitrogen and oxygen atoms in total. The maximum Gasteiger partial charge on any atom is 0.229 e. The average molecular weight is 270 g/mol. The van der Waals surface area contributed by atoms with Crippen molar-refractivity contribution in [3.63, 3.8) is 0 Å². The van der Waals surface area contributed by atoms with E-state index in [0.29, 0.717) is 5.95 Å². The molecule has 0 amide bonds. The van der Waals surface area contributed by atoms with Gasteiger partial charge in [-0.05, 0) is 57.0 Å². The molecule has 0 aliphatic rings. The van der Waals surface area contributed by atoms with Crippen molar-refractivity contribution in [2.45, 2.75) is 27.7 Å². The normalized spacial score (nSPS) is 10.4. The highest BCUT2D eigenvalue weighted by atomic mass is 15.2. The number of rotatable bonds is 5. The second-order valence-corrected chi connectivity index (χ2v) is 4.83. The third-order valence-electron chi connectivity index (χ3n) is 3.49. The van der Waals surface area contributed by atoms with E-state index >= 15 is 0 Å². The zero-order chi connectivity index (χ0) is 14.5. The number of hydrogen-bond donors (Lipinski definition) is 1. The summed E-state index contributed by atoms with van der Waals surface area (Å²) in [4.78, 5) is 11.1. The van der Waals surface area contributed by atoms with Gasteiger partial charge in [0.15, 0.2) is 0 Å². The molecule has 0 fully saturated rings. The molecular weight excluding hydrogens is 248 g/mol. The van der Waals surface area contributed by atoms with Gasteiger partial charge in [-0.3, -0.25) is 0 Å². The van der Waals surface area contributed by atoms with Gasteiger partial charge in [-0.15, -0.1) is 0 Å². The van der Waals surface area contributed by atoms with Gasteiger partial charge in [0, 0.05) is 25.0 Å². The Bertz CT molecular complexity index is 576. The van der Waals surface area contributed by atoms with Crippen molar-refractivity contribution in [1.82, 2.24) is 9.97 Å². The van der Waals surface area contributed by atoms with E-state index in [9.17, 15) is 0 Å². The molecule has 1 heterocycles. The molecule has 106 valence electrons. The Labute approximate surface area is 120 Å². The number of aromatic nitrogens is 2. The number of nitrogens with zero attached hydrogens (tertiary/aromatic N) is 3. The minimum absolute atomic E-state index is 0.637. The van der Waals surface area contributed by atoms with Gasteiger partial charge in [-0.2, -0.15) is 4.98 Å². The molecule has 1 N–H and O–H groups in total. The van der Waals surface area contributed by atoms with Crippen molar-refractivity contribution in [3.8, 4) is 0 Å². The topological polar surface area (TPSA) is 41.1 Å². The Morgan fingerprint density at radius 1 is 1.05 bits per heavy atom. The number of benzene rings is 1. The van der Waals surface area contributed by atoms with E-state index in [1.54, 1.807) is 6.20 Å². The summed E-state index contributed by atoms with van der Waals surface area (Å²) in [6.45, 7) is 10.3. The summed E-state index contributed by atoms with van der Waals surface area (Å²) in [5.41, 5.74) is 3.56. The maximum atomic E-state index is 4.57. The fraction of sp³-hybridized carbons (Fsp3) is 0.375. The predicted octanol–water partition coefficient (Wildman–Crippen LogP) is 3.68. The first-order valence-electron chi connectivity index (χ1n) is 7.06. The lowest BCUT2D eigenvalue weighted by Gasteiger charge is -2.20. The first-order chi connectivity index (χ1) is 9.63. The molecular formula is C16H22N4. The highest BCUT2D eigenvalue weighted by Crippen LogP contribution is 2.19. The Morgan fingerprint density at radius 2 is 1.80 bits per heavy atom. The van der Waals surface area contributed by atoms with Gasteiger partial charge in [0.2, 0.25) is 5.95 Å². The van der Waals surface area contributed by atoms with Crippen LogP contribution < -0.4 is 10.2 Å². The van der Waals surface area contributed by atoms with Crippen LogP contribution in [0.25, 0.3) is 0 Å². The molecule has 2 aromatic rings. The molecule has 0 spiro atoms. The van der Waals surface area contributed by atoms with E-state index in [2.05, 4.69) is 66.1 Å². The number of aryl methyl sites for hydroxylation is 2. The zero-order valence-corrected chi connectivity index (χ0v) is 12.6. The molecule has 4 heteroatoms. The minimum atomic E-state index is 0.637. The van der Waals surface area contributed by atoms with Gasteiger partial charge in [0.05, 0.1) is 0 Å². The van der Waals surface area contributed by atoms with Crippen molar-refractivity contribution in [2.24, 2.45) is 0 Å². The molecule has 0 radical (unpaired) electrons. The molecule has 1 aromatic carbocycles. The standard InChI is InChI=1S/C16H22N4/c1-5-20(6-2)15-9-10-17-16(19-15)18-14-8-7-12(3)13(4)11-14/h7-11H,5-6H2,1-4H3,(H,17,18,19). The van der Waals surface area contributed by atoms with Gasteiger partial charge < -0.3 is 10.2 Å². The van der Waals surface area contributed by atoms with Gasteiger partial charge in [0.1, 0.15) is 5.82 Å². The van der Waals surface area contributed by atoms with Gasteiger partial charge >= 0.3 is 0 Å². The summed E-state index contributed by atoms with van der Waals surface area (Å²) < 4.78 is 0. The lowest BCUT2D eigenvalue weighted by Crippen LogP contribution is -2.23. The summed E-state index contributed by atoms with van der Waals surface area (Å²) in [6, 6.07) is 8.21. The van der Waals surface area contributed by atoms with Crippen LogP contribution in [-0.2, 0) is 0 Å². The molecule has 0 atom stereocenters. The second-order valence-electron chi connectivity index (χ2n) is 4.83. The third kappa shape index (κ3) is 3.26. The molecule has 0 unspecified atom stereocenters. The van der Waals surface area contributed by atoms with Crippen molar-refractivity contribution >= 4 is 17.5 Å². The fourth-order valence-electron chi connectivity index (χ4n) is 2.08. The first kappa shape index (κ1) is 14.3. The molecule has 0 saturated heterocycles. The first-order valence-corrected chi connectivity index (χ1v) is 7.06. The molecule has 2 rings (SSSR count). The van der Waals surface area contributed by atoms with Crippen LogP contribution in [0.4, 0.5) is 17.5 Å². The van der Waals surface area contributed by atoms with E-state index in [0.717, 1.165) is 24.6 Å². The largest absolute Gasteiger partial charge is 0.357 e. The third-order valence-corrected chi connectivity index (χ3v) is 3.49. The van der Waals surface area contributed by atoms with E-state index in [1.165, 1.54) is 11.1 Å². The van der Waals surface area contributed by atoms with E-state index in [-0.39, 0.29) is 0 Å². The monoisotopic (exact) mass is 270 g/mol. The lowest BCUT2D eigenvalue weighted by molar-refractivity contribution is 0.843. The smallest absolute Gasteiger partial charge is 0.229 e. The summed E-state index contributed by atoms with van der Waals surface area (Å²) in [7, 11) is 0. The number of anilines is 3. The van der Waals surface area contributed by atoms with E-state index in [1.807, 2.05) is 6.07 Å². The van der Waals surface area contributed by atoms with Crippen molar-refractivity contribution in [2.75, 3.05) is 23.3 Å². The SMILES string of the molecule is CCN(CC)c1ccnc(Nc2ccc(C)c(C)c2)n1. The lowest BCUT2D eigenvalue weighted by atomic mass is 10.1. The van der Waals surface area contributed by atoms with Crippen LogP contribution in [0, 0.1) is 13.8 Å². The minimum Gasteiger partial charge on any atom is -0.357 e. The maximum absolute atomic E-state index is 4.57. The Kier molecular flexibility index (Phi) is 4.56. The Hall–Kier alpha value is -2.10. The second kappa shape index (κ2) is 6.37. The molecule has 1 aromatic heterocycles. The highest BCUT2D eigenvalue weighted by Gasteiger charge is 2.05. The fourth-order valence-corrected chi connectivity index (χ4v) is 2.08. The van der Waals surface area contributed by atoms with E-state index < -0.39 is 0 Å². The van der Waals surface area contributed by atoms with Crippen molar-refractivity contribution in [3.05, 3.63) is 41.6 Å². The summed E-state index contributed by atoms with van der Waals surface area (Å²) in [5.74, 6) is 1.59. The Morgan fingerprint density at radius 3 is 2.45 bits per heavy atom. The molecule has 20 heavy (non-hydrogen) atoms. The van der Waals surface area contributed by atoms with Crippen LogP contribution in [0.5, 0.6) is 0 Å². The number of nitrogens with one attached hydrogen (secondary N) is 1. The van der Waals surface area contributed by atoms with Crippen LogP contribution in [0.1, 0.15) is 25.0 Å². The summed E-state index contributed by atoms with van der Waals surface area (Å²) in [5, 5.41) is 3.27. The average Bonchev–Trinajstić information content (AvgIpc) is 2.45. The van der Waals surface area contributed by atoms with Crippen molar-refractivity contribution < 1.29 is 0 Å². The van der Waals surface area contributed by atoms with Gasteiger partial charge in [-0.25, -0.2) is 4.98 Å². The van der Waals surface area contributed by atoms with Gasteiger partial charge in [0.25, 0.3) is 0 Å². The summed E-state index contributed by atoms with van der Waals surface area (Å²) in [6.07, 6.45) is 1.80. The molecule has 0 saturated carbocycles.